The number of hydrogen-bond donors (Lipinski definition) is 18. The molecule has 1 saturated heterocycles. The fourth-order valence-corrected chi connectivity index (χ4v) is 15.4. The molecule has 132 heavy (non-hydrogen) atoms. The second-order valence-corrected chi connectivity index (χ2v) is 35.7. The van der Waals surface area contributed by atoms with E-state index in [1.54, 1.807) is 69.9 Å². The van der Waals surface area contributed by atoms with E-state index in [2.05, 4.69) is 42.5 Å². The van der Waals surface area contributed by atoms with Crippen molar-refractivity contribution in [1.82, 2.24) is 47.4 Å². The van der Waals surface area contributed by atoms with Crippen LogP contribution in [-0.4, -0.2) is 257 Å². The summed E-state index contributed by atoms with van der Waals surface area (Å²) in [5.74, 6) is -30.2. The molecule has 1 fully saturated rings. The van der Waals surface area contributed by atoms with E-state index in [1.165, 1.54) is 62.4 Å². The number of piperidine rings is 1. The van der Waals surface area contributed by atoms with Gasteiger partial charge in [0, 0.05) is 107 Å². The highest BCUT2D eigenvalue weighted by Crippen LogP contribution is 2.30. The van der Waals surface area contributed by atoms with Crippen LogP contribution in [0, 0.1) is 58.7 Å². The summed E-state index contributed by atoms with van der Waals surface area (Å²) in [6.07, 6.45) is -8.62. The molecule has 0 aromatic heterocycles. The molecule has 3 aromatic carbocycles. The molecule has 4 rings (SSSR count). The van der Waals surface area contributed by atoms with Crippen molar-refractivity contribution in [3.8, 4) is 11.5 Å². The second kappa shape index (κ2) is 57.0. The number of phenolic OH excluding ortho intramolecular Hbond substituents is 2. The molecule has 1 aliphatic rings. The lowest BCUT2D eigenvalue weighted by Gasteiger charge is -2.28. The maximum Gasteiger partial charge on any atom is 0.304 e. The Morgan fingerprint density at radius 1 is 0.470 bits per heavy atom. The number of amides is 9. The van der Waals surface area contributed by atoms with Gasteiger partial charge in [-0.05, 0) is 138 Å². The summed E-state index contributed by atoms with van der Waals surface area (Å²) < 4.78 is 0. The van der Waals surface area contributed by atoms with E-state index in [0.29, 0.717) is 49.9 Å². The summed E-state index contributed by atoms with van der Waals surface area (Å²) in [6, 6.07) is 10.4. The zero-order chi connectivity index (χ0) is 98.8. The highest BCUT2D eigenvalue weighted by atomic mass is 16.4. The van der Waals surface area contributed by atoms with Gasteiger partial charge in [0.2, 0.25) is 53.2 Å². The molecule has 0 unspecified atom stereocenters. The number of likely N-dealkylation sites (tertiary alicyclic amines) is 1. The molecule has 38 nitrogen and oxygen atoms in total. The van der Waals surface area contributed by atoms with Crippen molar-refractivity contribution in [2.45, 2.75) is 258 Å². The van der Waals surface area contributed by atoms with Crippen LogP contribution in [0.15, 0.2) is 78.9 Å². The predicted octanol–water partition coefficient (Wildman–Crippen LogP) is 2.52. The Labute approximate surface area is 768 Å². The van der Waals surface area contributed by atoms with Gasteiger partial charge < -0.3 is 99.1 Å². The molecule has 0 bridgehead atoms. The van der Waals surface area contributed by atoms with E-state index in [9.17, 15) is 137 Å². The van der Waals surface area contributed by atoms with E-state index in [-0.39, 0.29) is 86.5 Å². The normalized spacial score (nSPS) is 15.8. The number of aliphatic carboxylic acids is 3. The number of carboxylic acids is 3. The number of benzene rings is 3. The average molecular weight is 1850 g/mol. The number of hydrogen-bond acceptors (Lipinski definition) is 26. The van der Waals surface area contributed by atoms with E-state index >= 15 is 0 Å². The van der Waals surface area contributed by atoms with Gasteiger partial charge in [-0.1, -0.05) is 109 Å². The lowest BCUT2D eigenvalue weighted by molar-refractivity contribution is -0.143. The number of nitrogens with zero attached hydrogens (tertiary/aromatic N) is 1. The second-order valence-electron chi connectivity index (χ2n) is 35.7. The highest BCUT2D eigenvalue weighted by Gasteiger charge is 2.42. The quantitative estimate of drug-likeness (QED) is 0.0361. The number of carbonyl (C=O) groups is 19. The molecule has 3 aromatic rings. The molecular weight excluding hydrogens is 1720 g/mol. The van der Waals surface area contributed by atoms with Crippen molar-refractivity contribution in [3.63, 3.8) is 0 Å². The minimum atomic E-state index is -1.99. The molecular formula is C94H136N10O28. The van der Waals surface area contributed by atoms with E-state index in [4.69, 9.17) is 5.73 Å². The first-order chi connectivity index (χ1) is 62.2. The van der Waals surface area contributed by atoms with Gasteiger partial charge in [0.25, 0.3) is 0 Å². The molecule has 16 atom stereocenters. The van der Waals surface area contributed by atoms with Crippen LogP contribution >= 0.6 is 0 Å². The summed E-state index contributed by atoms with van der Waals surface area (Å²) in [7, 11) is 0. The number of nitrogens with two attached hydrogens (primary N) is 1. The Kier molecular flexibility index (Phi) is 48.6. The predicted molar refractivity (Wildman–Crippen MR) is 478 cm³/mol. The van der Waals surface area contributed by atoms with Gasteiger partial charge >= 0.3 is 17.9 Å². The number of unbranched alkanes of at least 4 members (excludes halogenated alkanes) is 1. The Hall–Kier alpha value is -11.6. The van der Waals surface area contributed by atoms with Crippen molar-refractivity contribution in [2.75, 3.05) is 45.9 Å². The van der Waals surface area contributed by atoms with Crippen LogP contribution in [0.5, 0.6) is 11.5 Å². The van der Waals surface area contributed by atoms with Crippen LogP contribution in [0.3, 0.4) is 0 Å². The topological polar surface area (TPSA) is 632 Å². The largest absolute Gasteiger partial charge is 0.508 e. The van der Waals surface area contributed by atoms with Gasteiger partial charge in [-0.2, -0.15) is 0 Å². The first-order valence-corrected chi connectivity index (χ1v) is 45.1. The molecule has 1 heterocycles. The Balaban J connectivity index is 1.54. The maximum absolute atomic E-state index is 14.9. The number of nitrogens with one attached hydrogen (secondary N) is 8. The number of ketones is 7. The first-order valence-electron chi connectivity index (χ1n) is 45.1. The highest BCUT2D eigenvalue weighted by molar-refractivity contribution is 6.01. The smallest absolute Gasteiger partial charge is 0.304 e. The number of phenols is 2. The van der Waals surface area contributed by atoms with Crippen LogP contribution < -0.4 is 48.3 Å². The van der Waals surface area contributed by atoms with Crippen molar-refractivity contribution in [2.24, 2.45) is 64.4 Å². The fourth-order valence-electron chi connectivity index (χ4n) is 15.4. The number of aliphatic hydroxyl groups is 4. The Bertz CT molecular complexity index is 4410. The maximum atomic E-state index is 14.9. The first kappa shape index (κ1) is 113. The van der Waals surface area contributed by atoms with Crippen LogP contribution in [0.25, 0.3) is 0 Å². The third kappa shape index (κ3) is 40.2. The summed E-state index contributed by atoms with van der Waals surface area (Å²) in [5, 5.41) is 114. The monoisotopic (exact) mass is 1850 g/mol. The zero-order valence-electron chi connectivity index (χ0n) is 76.8. The van der Waals surface area contributed by atoms with Crippen LogP contribution in [0.1, 0.15) is 207 Å². The summed E-state index contributed by atoms with van der Waals surface area (Å²) in [4.78, 5) is 263. The lowest BCUT2D eigenvalue weighted by Crippen LogP contribution is -2.52. The molecule has 0 spiro atoms. The average Bonchev–Trinajstić information content (AvgIpc) is 0.760. The zero-order valence-corrected chi connectivity index (χ0v) is 76.8. The van der Waals surface area contributed by atoms with Crippen molar-refractivity contribution in [1.29, 1.82) is 0 Å². The Morgan fingerprint density at radius 3 is 1.46 bits per heavy atom. The molecule has 9 amide bonds. The van der Waals surface area contributed by atoms with Gasteiger partial charge in [-0.3, -0.25) is 91.1 Å². The summed E-state index contributed by atoms with van der Waals surface area (Å²) in [6.45, 7) is 12.0. The SMILES string of the molecule is CC[C@H](C)[C@H](NC(=O)[C@H](CO)CC(=O)[C@H](Cc1ccc(O)cc1)NC(=O)[C@H](CC(=O)O)CC(=O)[C@H](CO)NC(=O)[C@@H](CC(=O)[C@H](Cc1ccccc1)NC(=O)[C@@H](CC(=O)CNC(=O)[C@H](CCC(=O)O)CC(=O)C(C)(C)CC(=O)NCCN1CCCCC1=O)[C@@H](C)O)[C@@H](C)O)C(=O)C[C@@H](Cc1ccc(O)cc1)C(=O)N[C@@H](CC(C)C)C(=O)C[C@@H](CC(=O)O)C(=O)N[C@H](C)CCCCN. The molecule has 0 radical (unpaired) electrons. The number of Topliss-reactive ketones (excluding diaryl/α,β-unsaturated/α-hetero) is 7. The van der Waals surface area contributed by atoms with Crippen LogP contribution in [0.4, 0.5) is 0 Å². The van der Waals surface area contributed by atoms with Gasteiger partial charge in [-0.15, -0.1) is 0 Å². The third-order valence-corrected chi connectivity index (χ3v) is 23.6. The molecule has 730 valence electrons. The van der Waals surface area contributed by atoms with E-state index < -0.39 is 291 Å². The van der Waals surface area contributed by atoms with Crippen molar-refractivity contribution >= 4 is 112 Å². The minimum Gasteiger partial charge on any atom is -0.508 e. The minimum absolute atomic E-state index is 0.0250. The molecule has 1 aliphatic heterocycles. The number of carbonyl (C=O) groups excluding carboxylic acids is 16. The van der Waals surface area contributed by atoms with Crippen LogP contribution in [0.2, 0.25) is 0 Å². The van der Waals surface area contributed by atoms with Crippen molar-refractivity contribution in [3.05, 3.63) is 95.6 Å². The van der Waals surface area contributed by atoms with Crippen molar-refractivity contribution < 1.29 is 137 Å². The molecule has 0 aliphatic carbocycles. The lowest BCUT2D eigenvalue weighted by atomic mass is 9.79. The van der Waals surface area contributed by atoms with Gasteiger partial charge in [-0.25, -0.2) is 0 Å². The van der Waals surface area contributed by atoms with E-state index in [1.807, 2.05) is 0 Å². The molecule has 38 heteroatoms. The van der Waals surface area contributed by atoms with Gasteiger partial charge in [0.05, 0.1) is 98.6 Å². The Morgan fingerprint density at radius 2 is 0.947 bits per heavy atom. The van der Waals surface area contributed by atoms with E-state index in [0.717, 1.165) is 26.7 Å². The number of aliphatic hydroxyl groups excluding tert-OH is 4. The fraction of sp³-hybridized carbons (Fsp3) is 0.606. The number of rotatable bonds is 65. The van der Waals surface area contributed by atoms with Gasteiger partial charge in [0.15, 0.2) is 34.7 Å². The summed E-state index contributed by atoms with van der Waals surface area (Å²) >= 11 is 0. The summed E-state index contributed by atoms with van der Waals surface area (Å²) in [5.41, 5.74) is 5.41. The van der Waals surface area contributed by atoms with Crippen LogP contribution in [-0.2, 0) is 110 Å². The van der Waals surface area contributed by atoms with Gasteiger partial charge in [0.1, 0.15) is 23.3 Å². The molecule has 0 saturated carbocycles. The third-order valence-electron chi connectivity index (χ3n) is 23.6. The standard InChI is InChI=1S/C94H136N10O28/c1-10-54(4)86(79(116)42-62(37-59-22-27-66(109)28-23-59)89(128)99-71(36-53(2)3)75(112)40-63(45-84(122)123)88(127)98-55(5)18-14-16-32-95)103-91(130)65(51-105)43-76(113)72(39-60-24-29-67(110)30-25-60)100-90(129)64(46-85(124)125)41-77(114)74(52-106)102-93(132)70(57(7)108)48-78(115)73(38-58-19-12-11-13-20-58)101-92(131)69(56(6)107)47-68(111)50-97-87(126)61(26-31-83(120)121)44-80(117)94(8,9)49-81(118)96-33-35-104-34-17-15-21-82(104)119/h11-13,19-20,22-25,27-30,53-57,61-65,69-74,86,105-110H,10,14-18,21,26,31-52,95H2,1-9H3,(H,96,118)(H,97,126)(H,98,127)(H,99,128)(H,100,129)(H,101,131)(H,102,132)(H,103,130)(H,120,121)(H,122,123)(H,124,125)/t54-,55+,56+,57+,61+,62+,63-,64-,65-,69-,70-,71-,72-,73-,74-,86-/m0/s1. The number of aromatic hydroxyl groups is 2. The molecule has 19 N–H and O–H groups in total. The number of carboxylic acid groups (broad SMARTS) is 3.